The number of halogens is 1. The van der Waals surface area contributed by atoms with Gasteiger partial charge in [0, 0.05) is 15.5 Å². The van der Waals surface area contributed by atoms with E-state index in [2.05, 4.69) is 25.3 Å². The molecule has 0 unspecified atom stereocenters. The molecule has 1 atom stereocenters. The van der Waals surface area contributed by atoms with Crippen LogP contribution in [0.4, 0.5) is 16.4 Å². The minimum atomic E-state index is -0.583. The zero-order valence-corrected chi connectivity index (χ0v) is 16.7. The summed E-state index contributed by atoms with van der Waals surface area (Å²) in [5.41, 5.74) is 7.78. The van der Waals surface area contributed by atoms with Crippen LogP contribution >= 0.6 is 11.8 Å². The summed E-state index contributed by atoms with van der Waals surface area (Å²) in [6.45, 7) is 1.64. The Balaban J connectivity index is 0.00000210. The van der Waals surface area contributed by atoms with E-state index in [1.165, 1.54) is 7.11 Å². The van der Waals surface area contributed by atoms with Crippen molar-refractivity contribution < 1.29 is 28.2 Å². The predicted octanol–water partition coefficient (Wildman–Crippen LogP) is 0.295. The lowest BCUT2D eigenvalue weighted by atomic mass is 10.3. The number of imidazole rings is 1. The number of carbonyl (C=O) groups is 2. The SMILES string of the molecule is COC(=O)Nc1nc2ccc(Sc3ccc(NC(=O)[C@H](C)N)cc3)cc2[nH]1.[Cl-].[H+]. The number of hydrogen-bond donors (Lipinski definition) is 4. The fraction of sp³-hybridized carbons (Fsp3) is 0.167. The molecule has 0 aliphatic rings. The fourth-order valence-electron chi connectivity index (χ4n) is 2.26. The van der Waals surface area contributed by atoms with Crippen LogP contribution in [0, 0.1) is 0 Å². The molecule has 148 valence electrons. The Kier molecular flexibility index (Phi) is 7.27. The average Bonchev–Trinajstić information content (AvgIpc) is 3.04. The highest BCUT2D eigenvalue weighted by atomic mass is 35.5. The highest BCUT2D eigenvalue weighted by Crippen LogP contribution is 2.30. The van der Waals surface area contributed by atoms with Crippen molar-refractivity contribution in [2.45, 2.75) is 22.8 Å². The molecular formula is C18H20ClN5O3S. The maximum atomic E-state index is 11.6. The number of amides is 2. The second-order valence-electron chi connectivity index (χ2n) is 5.79. The van der Waals surface area contributed by atoms with Crippen LogP contribution in [0.15, 0.2) is 52.3 Å². The maximum Gasteiger partial charge on any atom is 1.00 e. The molecule has 0 aliphatic carbocycles. The van der Waals surface area contributed by atoms with E-state index in [0.717, 1.165) is 20.8 Å². The standard InChI is InChI=1S/C18H19N5O3S.ClH/c1-10(19)16(24)20-11-3-5-12(6-4-11)27-13-7-8-14-15(9-13)22-17(21-14)23-18(25)26-2;/h3-10H,19H2,1-2H3,(H,20,24)(H2,21,22,23,25);1H/t10-;/m0./s1. The maximum absolute atomic E-state index is 11.6. The molecule has 2 amide bonds. The zero-order valence-electron chi connectivity index (χ0n) is 16.2. The first-order valence-corrected chi connectivity index (χ1v) is 8.95. The number of rotatable bonds is 5. The van der Waals surface area contributed by atoms with E-state index in [9.17, 15) is 9.59 Å². The van der Waals surface area contributed by atoms with Gasteiger partial charge in [0.05, 0.1) is 24.2 Å². The number of aromatic nitrogens is 2. The Morgan fingerprint density at radius 1 is 1.18 bits per heavy atom. The molecule has 0 radical (unpaired) electrons. The summed E-state index contributed by atoms with van der Waals surface area (Å²) < 4.78 is 4.55. The van der Waals surface area contributed by atoms with Crippen molar-refractivity contribution in [3.05, 3.63) is 42.5 Å². The molecule has 0 saturated heterocycles. The molecule has 10 heteroatoms. The van der Waals surface area contributed by atoms with Gasteiger partial charge in [-0.2, -0.15) is 0 Å². The first kappa shape index (κ1) is 21.5. The van der Waals surface area contributed by atoms with Crippen LogP contribution in [0.2, 0.25) is 0 Å². The molecule has 0 saturated carbocycles. The molecule has 1 heterocycles. The third kappa shape index (κ3) is 5.38. The largest absolute Gasteiger partial charge is 1.00 e. The lowest BCUT2D eigenvalue weighted by Gasteiger charge is -2.08. The number of ether oxygens (including phenoxy) is 1. The molecule has 3 aromatic rings. The van der Waals surface area contributed by atoms with E-state index >= 15 is 0 Å². The first-order chi connectivity index (χ1) is 12.9. The van der Waals surface area contributed by atoms with Crippen LogP contribution in [0.5, 0.6) is 0 Å². The number of aromatic amines is 1. The Bertz CT molecular complexity index is 981. The minimum absolute atomic E-state index is 0. The van der Waals surface area contributed by atoms with E-state index in [0.29, 0.717) is 11.6 Å². The lowest BCUT2D eigenvalue weighted by molar-refractivity contribution is -0.117. The van der Waals surface area contributed by atoms with E-state index in [1.807, 2.05) is 42.5 Å². The van der Waals surface area contributed by atoms with Crippen molar-refractivity contribution in [3.63, 3.8) is 0 Å². The molecule has 5 N–H and O–H groups in total. The van der Waals surface area contributed by atoms with Crippen LogP contribution in [0.25, 0.3) is 11.0 Å². The third-order valence-electron chi connectivity index (χ3n) is 3.63. The van der Waals surface area contributed by atoms with Crippen molar-refractivity contribution >= 4 is 46.4 Å². The van der Waals surface area contributed by atoms with Crippen molar-refractivity contribution in [1.29, 1.82) is 0 Å². The number of fused-ring (bicyclic) bond motifs is 1. The van der Waals surface area contributed by atoms with Crippen molar-refractivity contribution in [1.82, 2.24) is 9.97 Å². The minimum Gasteiger partial charge on any atom is -1.00 e. The van der Waals surface area contributed by atoms with Crippen LogP contribution in [0.3, 0.4) is 0 Å². The van der Waals surface area contributed by atoms with Crippen LogP contribution in [0.1, 0.15) is 8.35 Å². The number of nitrogens with zero attached hydrogens (tertiary/aromatic N) is 1. The molecule has 3 rings (SSSR count). The number of nitrogens with two attached hydrogens (primary N) is 1. The highest BCUT2D eigenvalue weighted by Gasteiger charge is 2.09. The lowest BCUT2D eigenvalue weighted by Crippen LogP contribution is -3.00. The van der Waals surface area contributed by atoms with Gasteiger partial charge in [-0.1, -0.05) is 11.8 Å². The second kappa shape index (κ2) is 9.45. The van der Waals surface area contributed by atoms with Crippen molar-refractivity contribution in [3.8, 4) is 0 Å². The predicted molar refractivity (Wildman–Crippen MR) is 106 cm³/mol. The summed E-state index contributed by atoms with van der Waals surface area (Å²) in [5.74, 6) is 0.102. The van der Waals surface area contributed by atoms with Gasteiger partial charge in [-0.15, -0.1) is 0 Å². The summed E-state index contributed by atoms with van der Waals surface area (Å²) in [6.07, 6.45) is -0.583. The van der Waals surface area contributed by atoms with Gasteiger partial charge in [0.25, 0.3) is 0 Å². The molecule has 0 spiro atoms. The number of anilines is 2. The van der Waals surface area contributed by atoms with Crippen molar-refractivity contribution in [2.24, 2.45) is 5.73 Å². The number of H-pyrrole nitrogens is 1. The summed E-state index contributed by atoms with van der Waals surface area (Å²) in [6, 6.07) is 12.7. The van der Waals surface area contributed by atoms with Gasteiger partial charge >= 0.3 is 7.52 Å². The smallest absolute Gasteiger partial charge is 1.00 e. The van der Waals surface area contributed by atoms with Gasteiger partial charge < -0.3 is 33.2 Å². The number of methoxy groups -OCH3 is 1. The first-order valence-electron chi connectivity index (χ1n) is 8.13. The summed E-state index contributed by atoms with van der Waals surface area (Å²) >= 11 is 1.57. The van der Waals surface area contributed by atoms with E-state index < -0.39 is 12.1 Å². The molecule has 0 bridgehead atoms. The van der Waals surface area contributed by atoms with Gasteiger partial charge in [-0.3, -0.25) is 10.1 Å². The van der Waals surface area contributed by atoms with Crippen LogP contribution in [-0.2, 0) is 9.53 Å². The summed E-state index contributed by atoms with van der Waals surface area (Å²) in [7, 11) is 1.29. The Hall–Kier alpha value is -2.75. The molecular weight excluding hydrogens is 402 g/mol. The van der Waals surface area contributed by atoms with E-state index in [-0.39, 0.29) is 19.7 Å². The van der Waals surface area contributed by atoms with E-state index in [4.69, 9.17) is 5.73 Å². The number of hydrogen-bond acceptors (Lipinski definition) is 6. The van der Waals surface area contributed by atoms with Gasteiger partial charge in [-0.25, -0.2) is 9.78 Å². The number of carbonyl (C=O) groups excluding carboxylic acids is 2. The van der Waals surface area contributed by atoms with Crippen molar-refractivity contribution in [2.75, 3.05) is 17.7 Å². The Labute approximate surface area is 173 Å². The van der Waals surface area contributed by atoms with Gasteiger partial charge in [-0.05, 0) is 49.4 Å². The molecule has 1 aromatic heterocycles. The fourth-order valence-corrected chi connectivity index (χ4v) is 3.11. The Morgan fingerprint density at radius 3 is 2.50 bits per heavy atom. The summed E-state index contributed by atoms with van der Waals surface area (Å²) in [4.78, 5) is 32.2. The van der Waals surface area contributed by atoms with Crippen LogP contribution in [-0.4, -0.2) is 35.1 Å². The zero-order chi connectivity index (χ0) is 19.4. The highest BCUT2D eigenvalue weighted by molar-refractivity contribution is 7.99. The number of nitrogens with one attached hydrogen (secondary N) is 3. The average molecular weight is 422 g/mol. The Morgan fingerprint density at radius 2 is 1.86 bits per heavy atom. The van der Waals surface area contributed by atoms with Gasteiger partial charge in [0.1, 0.15) is 0 Å². The van der Waals surface area contributed by atoms with Gasteiger partial charge in [0.2, 0.25) is 11.9 Å². The van der Waals surface area contributed by atoms with Crippen LogP contribution < -0.4 is 28.8 Å². The monoisotopic (exact) mass is 421 g/mol. The van der Waals surface area contributed by atoms with E-state index in [1.54, 1.807) is 18.7 Å². The second-order valence-corrected chi connectivity index (χ2v) is 6.93. The topological polar surface area (TPSA) is 122 Å². The molecule has 0 fully saturated rings. The summed E-state index contributed by atoms with van der Waals surface area (Å²) in [5, 5.41) is 5.25. The number of benzene rings is 2. The molecule has 8 nitrogen and oxygen atoms in total. The normalized spacial score (nSPS) is 11.4. The van der Waals surface area contributed by atoms with Gasteiger partial charge in [0.15, 0.2) is 0 Å². The molecule has 0 aliphatic heterocycles. The molecule has 28 heavy (non-hydrogen) atoms. The third-order valence-corrected chi connectivity index (χ3v) is 4.63. The molecule has 2 aromatic carbocycles. The quantitative estimate of drug-likeness (QED) is 0.470.